The van der Waals surface area contributed by atoms with E-state index in [1.54, 1.807) is 43.5 Å². The number of amides is 2. The van der Waals surface area contributed by atoms with Crippen molar-refractivity contribution in [1.29, 1.82) is 0 Å². The molecule has 0 saturated carbocycles. The van der Waals surface area contributed by atoms with Gasteiger partial charge in [-0.15, -0.1) is 10.2 Å². The van der Waals surface area contributed by atoms with Crippen LogP contribution < -0.4 is 10.6 Å². The molecule has 3 aromatic rings. The predicted octanol–water partition coefficient (Wildman–Crippen LogP) is 3.33. The van der Waals surface area contributed by atoms with E-state index in [4.69, 9.17) is 8.83 Å². The van der Waals surface area contributed by atoms with Gasteiger partial charge < -0.3 is 19.5 Å². The quantitative estimate of drug-likeness (QED) is 0.639. The van der Waals surface area contributed by atoms with Gasteiger partial charge in [-0.3, -0.25) is 9.59 Å². The summed E-state index contributed by atoms with van der Waals surface area (Å²) < 4.78 is 10.7. The first-order chi connectivity index (χ1) is 12.5. The summed E-state index contributed by atoms with van der Waals surface area (Å²) in [6, 6.07) is 8.64. The molecule has 2 amide bonds. The van der Waals surface area contributed by atoms with Crippen molar-refractivity contribution in [2.45, 2.75) is 19.1 Å². The van der Waals surface area contributed by atoms with Crippen LogP contribution in [0.25, 0.3) is 11.5 Å². The Labute approximate surface area is 153 Å². The van der Waals surface area contributed by atoms with Gasteiger partial charge in [0.25, 0.3) is 11.1 Å². The number of anilines is 2. The lowest BCUT2D eigenvalue weighted by atomic mass is 10.2. The number of aryl methyl sites for hydroxylation is 1. The fraction of sp³-hybridized carbons (Fsp3) is 0.176. The van der Waals surface area contributed by atoms with Crippen LogP contribution in [0.2, 0.25) is 0 Å². The van der Waals surface area contributed by atoms with Crippen LogP contribution in [0, 0.1) is 6.92 Å². The van der Waals surface area contributed by atoms with Crippen molar-refractivity contribution in [2.75, 3.05) is 16.4 Å². The fourth-order valence-electron chi connectivity index (χ4n) is 2.19. The number of hydrogen-bond acceptors (Lipinski definition) is 7. The van der Waals surface area contributed by atoms with E-state index < -0.39 is 0 Å². The van der Waals surface area contributed by atoms with Crippen molar-refractivity contribution >= 4 is 35.0 Å². The Kier molecular flexibility index (Phi) is 5.37. The Morgan fingerprint density at radius 1 is 1.15 bits per heavy atom. The zero-order valence-electron chi connectivity index (χ0n) is 14.1. The first kappa shape index (κ1) is 17.7. The highest BCUT2D eigenvalue weighted by Crippen LogP contribution is 2.26. The Morgan fingerprint density at radius 2 is 1.92 bits per heavy atom. The summed E-state index contributed by atoms with van der Waals surface area (Å²) in [5.41, 5.74) is 1.92. The number of nitrogens with zero attached hydrogens (tertiary/aromatic N) is 2. The maximum absolute atomic E-state index is 12.1. The number of nitrogens with one attached hydrogen (secondary N) is 2. The predicted molar refractivity (Wildman–Crippen MR) is 96.8 cm³/mol. The van der Waals surface area contributed by atoms with Crippen LogP contribution in [0.15, 0.2) is 50.7 Å². The number of benzene rings is 1. The molecule has 0 atom stereocenters. The third kappa shape index (κ3) is 4.51. The van der Waals surface area contributed by atoms with E-state index in [0.717, 1.165) is 17.3 Å². The Morgan fingerprint density at radius 3 is 2.62 bits per heavy atom. The van der Waals surface area contributed by atoms with E-state index in [1.807, 2.05) is 0 Å². The Bertz CT molecular complexity index is 934. The van der Waals surface area contributed by atoms with E-state index >= 15 is 0 Å². The van der Waals surface area contributed by atoms with Gasteiger partial charge in [0.05, 0.1) is 17.6 Å². The number of aromatic nitrogens is 2. The molecule has 0 aliphatic carbocycles. The fourth-order valence-corrected chi connectivity index (χ4v) is 2.75. The summed E-state index contributed by atoms with van der Waals surface area (Å²) in [6.45, 7) is 3.22. The first-order valence-electron chi connectivity index (χ1n) is 7.69. The molecular formula is C17H16N4O4S. The average Bonchev–Trinajstić information content (AvgIpc) is 3.21. The third-order valence-electron chi connectivity index (χ3n) is 3.29. The third-order valence-corrected chi connectivity index (χ3v) is 4.11. The second-order valence-corrected chi connectivity index (χ2v) is 6.29. The van der Waals surface area contributed by atoms with Crippen LogP contribution in [0.4, 0.5) is 11.4 Å². The van der Waals surface area contributed by atoms with Gasteiger partial charge in [0.15, 0.2) is 0 Å². The molecule has 0 aliphatic heterocycles. The topological polar surface area (TPSA) is 110 Å². The van der Waals surface area contributed by atoms with Crippen LogP contribution in [-0.2, 0) is 9.59 Å². The molecule has 0 aliphatic rings. The van der Waals surface area contributed by atoms with E-state index in [-0.39, 0.29) is 17.6 Å². The van der Waals surface area contributed by atoms with Crippen LogP contribution >= 0.6 is 11.8 Å². The van der Waals surface area contributed by atoms with Crippen molar-refractivity contribution in [3.63, 3.8) is 0 Å². The van der Waals surface area contributed by atoms with Crippen LogP contribution in [-0.4, -0.2) is 27.8 Å². The summed E-state index contributed by atoms with van der Waals surface area (Å²) in [7, 11) is 0. The van der Waals surface area contributed by atoms with Gasteiger partial charge in [-0.25, -0.2) is 0 Å². The summed E-state index contributed by atoms with van der Waals surface area (Å²) >= 11 is 1.13. The SMILES string of the molecule is CC(=O)Nc1cccc(NC(=O)CSc2nnc(-c3ccoc3C)o2)c1. The minimum Gasteiger partial charge on any atom is -0.469 e. The van der Waals surface area contributed by atoms with Gasteiger partial charge in [-0.05, 0) is 31.2 Å². The number of rotatable bonds is 6. The molecule has 0 bridgehead atoms. The lowest BCUT2D eigenvalue weighted by molar-refractivity contribution is -0.114. The van der Waals surface area contributed by atoms with Crippen molar-refractivity contribution < 1.29 is 18.4 Å². The van der Waals surface area contributed by atoms with Crippen LogP contribution in [0.1, 0.15) is 12.7 Å². The minimum absolute atomic E-state index is 0.108. The molecular weight excluding hydrogens is 356 g/mol. The zero-order valence-corrected chi connectivity index (χ0v) is 14.9. The summed E-state index contributed by atoms with van der Waals surface area (Å²) in [6.07, 6.45) is 1.55. The van der Waals surface area contributed by atoms with Gasteiger partial charge in [-0.2, -0.15) is 0 Å². The van der Waals surface area contributed by atoms with Gasteiger partial charge in [0.1, 0.15) is 5.76 Å². The van der Waals surface area contributed by atoms with Gasteiger partial charge in [0, 0.05) is 18.3 Å². The average molecular weight is 372 g/mol. The maximum atomic E-state index is 12.1. The first-order valence-corrected chi connectivity index (χ1v) is 8.68. The standard InChI is InChI=1S/C17H16N4O4S/c1-10-14(6-7-24-10)16-20-21-17(25-16)26-9-15(23)19-13-5-3-4-12(8-13)18-11(2)22/h3-8H,9H2,1-2H3,(H,18,22)(H,19,23). The molecule has 2 N–H and O–H groups in total. The Hall–Kier alpha value is -3.07. The number of thioether (sulfide) groups is 1. The highest BCUT2D eigenvalue weighted by Gasteiger charge is 2.14. The van der Waals surface area contributed by atoms with E-state index in [9.17, 15) is 9.59 Å². The van der Waals surface area contributed by atoms with E-state index in [2.05, 4.69) is 20.8 Å². The molecule has 0 unspecified atom stereocenters. The summed E-state index contributed by atoms with van der Waals surface area (Å²) in [4.78, 5) is 23.2. The molecule has 3 rings (SSSR count). The lowest BCUT2D eigenvalue weighted by Gasteiger charge is -2.07. The lowest BCUT2D eigenvalue weighted by Crippen LogP contribution is -2.14. The molecule has 134 valence electrons. The monoisotopic (exact) mass is 372 g/mol. The van der Waals surface area contributed by atoms with Crippen molar-refractivity contribution in [1.82, 2.24) is 10.2 Å². The van der Waals surface area contributed by atoms with Gasteiger partial charge in [0.2, 0.25) is 11.8 Å². The molecule has 0 spiro atoms. The summed E-state index contributed by atoms with van der Waals surface area (Å²) in [5.74, 6) is 0.735. The second kappa shape index (κ2) is 7.87. The molecule has 1 aromatic carbocycles. The van der Waals surface area contributed by atoms with Crippen LogP contribution in [0.5, 0.6) is 0 Å². The zero-order chi connectivity index (χ0) is 18.5. The molecule has 0 radical (unpaired) electrons. The van der Waals surface area contributed by atoms with Gasteiger partial charge >= 0.3 is 0 Å². The Balaban J connectivity index is 1.55. The normalized spacial score (nSPS) is 10.5. The molecule has 0 saturated heterocycles. The van der Waals surface area contributed by atoms with E-state index in [1.165, 1.54) is 6.92 Å². The molecule has 8 nitrogen and oxygen atoms in total. The summed E-state index contributed by atoms with van der Waals surface area (Å²) in [5, 5.41) is 13.6. The number of furan rings is 1. The van der Waals surface area contributed by atoms with Crippen LogP contribution in [0.3, 0.4) is 0 Å². The number of carbonyl (C=O) groups excluding carboxylic acids is 2. The van der Waals surface area contributed by atoms with E-state index in [0.29, 0.717) is 28.2 Å². The molecule has 0 fully saturated rings. The highest BCUT2D eigenvalue weighted by atomic mass is 32.2. The van der Waals surface area contributed by atoms with Crippen molar-refractivity contribution in [3.8, 4) is 11.5 Å². The smallest absolute Gasteiger partial charge is 0.277 e. The molecule has 2 aromatic heterocycles. The molecule has 2 heterocycles. The highest BCUT2D eigenvalue weighted by molar-refractivity contribution is 7.99. The van der Waals surface area contributed by atoms with Crippen molar-refractivity contribution in [3.05, 3.63) is 42.4 Å². The van der Waals surface area contributed by atoms with Gasteiger partial charge in [-0.1, -0.05) is 17.8 Å². The molecule has 26 heavy (non-hydrogen) atoms. The van der Waals surface area contributed by atoms with Crippen molar-refractivity contribution in [2.24, 2.45) is 0 Å². The maximum Gasteiger partial charge on any atom is 0.277 e. The molecule has 9 heteroatoms. The number of hydrogen-bond donors (Lipinski definition) is 2. The minimum atomic E-state index is -0.228. The largest absolute Gasteiger partial charge is 0.469 e. The number of carbonyl (C=O) groups is 2. The second-order valence-electron chi connectivity index (χ2n) is 5.36.